The summed E-state index contributed by atoms with van der Waals surface area (Å²) in [7, 11) is 0. The van der Waals surface area contributed by atoms with Gasteiger partial charge in [0, 0.05) is 6.54 Å². The maximum absolute atomic E-state index is 13.3. The number of benzene rings is 1. The number of aliphatic hydroxyl groups excluding tert-OH is 3. The number of hydrogen-bond donors (Lipinski definition) is 4. The number of anilines is 1. The Hall–Kier alpha value is -2.37. The van der Waals surface area contributed by atoms with Crippen molar-refractivity contribution in [3.8, 4) is 0 Å². The number of halogens is 2. The number of fused-ring (bicyclic) bond motifs is 1. The first-order valence-corrected chi connectivity index (χ1v) is 8.85. The van der Waals surface area contributed by atoms with Crippen LogP contribution < -0.4 is 5.32 Å². The van der Waals surface area contributed by atoms with E-state index in [1.165, 1.54) is 29.4 Å². The molecule has 1 unspecified atom stereocenters. The number of aromatic nitrogens is 4. The number of ether oxygens (including phenoxy) is 1. The SMILES string of the molecule is OC[C@H]1OC(n2cnc3c(NCc4ccc(F)c(Cl)c4)ncnc32)[C@H](O)[C@@H]1O. The minimum absolute atomic E-state index is 0.0285. The number of aliphatic hydroxyl groups is 3. The number of imidazole rings is 1. The molecule has 0 saturated carbocycles. The Labute approximate surface area is 163 Å². The van der Waals surface area contributed by atoms with Crippen LogP contribution >= 0.6 is 11.6 Å². The van der Waals surface area contributed by atoms with Gasteiger partial charge in [-0.3, -0.25) is 4.57 Å². The highest BCUT2D eigenvalue weighted by Crippen LogP contribution is 2.32. The third-order valence-corrected chi connectivity index (χ3v) is 4.88. The summed E-state index contributed by atoms with van der Waals surface area (Å²) in [5, 5.41) is 32.6. The second-order valence-electron chi connectivity index (χ2n) is 6.38. The summed E-state index contributed by atoms with van der Waals surface area (Å²) in [6, 6.07) is 4.40. The van der Waals surface area contributed by atoms with Gasteiger partial charge in [-0.2, -0.15) is 0 Å². The van der Waals surface area contributed by atoms with Gasteiger partial charge in [0.2, 0.25) is 0 Å². The maximum Gasteiger partial charge on any atom is 0.167 e. The van der Waals surface area contributed by atoms with Crippen molar-refractivity contribution in [2.45, 2.75) is 31.1 Å². The van der Waals surface area contributed by atoms with Gasteiger partial charge in [-0.25, -0.2) is 19.3 Å². The van der Waals surface area contributed by atoms with E-state index in [2.05, 4.69) is 20.3 Å². The van der Waals surface area contributed by atoms with Gasteiger partial charge in [0.15, 0.2) is 23.2 Å². The molecule has 4 atom stereocenters. The minimum Gasteiger partial charge on any atom is -0.394 e. The van der Waals surface area contributed by atoms with Crippen molar-refractivity contribution in [2.75, 3.05) is 11.9 Å². The van der Waals surface area contributed by atoms with Crippen LogP contribution in [-0.4, -0.2) is 59.8 Å². The highest BCUT2D eigenvalue weighted by molar-refractivity contribution is 6.30. The van der Waals surface area contributed by atoms with Crippen molar-refractivity contribution in [1.82, 2.24) is 19.5 Å². The van der Waals surface area contributed by atoms with E-state index in [4.69, 9.17) is 16.3 Å². The predicted molar refractivity (Wildman–Crippen MR) is 97.1 cm³/mol. The molecule has 0 amide bonds. The molecule has 11 heteroatoms. The molecule has 0 radical (unpaired) electrons. The second kappa shape index (κ2) is 7.57. The molecule has 3 heterocycles. The third-order valence-electron chi connectivity index (χ3n) is 4.59. The fraction of sp³-hybridized carbons (Fsp3) is 0.353. The summed E-state index contributed by atoms with van der Waals surface area (Å²) in [5.74, 6) is -0.0666. The average Bonchev–Trinajstić information content (AvgIpc) is 3.24. The van der Waals surface area contributed by atoms with E-state index in [0.717, 1.165) is 5.56 Å². The monoisotopic (exact) mass is 409 g/mol. The van der Waals surface area contributed by atoms with Crippen molar-refractivity contribution >= 4 is 28.6 Å². The minimum atomic E-state index is -1.25. The van der Waals surface area contributed by atoms with Gasteiger partial charge < -0.3 is 25.4 Å². The quantitative estimate of drug-likeness (QED) is 0.488. The smallest absolute Gasteiger partial charge is 0.167 e. The number of rotatable bonds is 5. The normalized spacial score (nSPS) is 24.8. The summed E-state index contributed by atoms with van der Waals surface area (Å²) in [6.45, 7) is -0.101. The molecule has 28 heavy (non-hydrogen) atoms. The molecular formula is C17H17ClFN5O4. The summed E-state index contributed by atoms with van der Waals surface area (Å²) in [4.78, 5) is 12.6. The Morgan fingerprint density at radius 1 is 1.21 bits per heavy atom. The van der Waals surface area contributed by atoms with E-state index in [-0.39, 0.29) is 5.02 Å². The molecule has 9 nitrogen and oxygen atoms in total. The summed E-state index contributed by atoms with van der Waals surface area (Å²) in [5.41, 5.74) is 1.55. The van der Waals surface area contributed by atoms with Crippen LogP contribution in [-0.2, 0) is 11.3 Å². The number of hydrogen-bond acceptors (Lipinski definition) is 8. The fourth-order valence-corrected chi connectivity index (χ4v) is 3.32. The Morgan fingerprint density at radius 3 is 2.75 bits per heavy atom. The van der Waals surface area contributed by atoms with Crippen LogP contribution in [0.25, 0.3) is 11.2 Å². The lowest BCUT2D eigenvalue weighted by Crippen LogP contribution is -2.33. The molecule has 148 valence electrons. The Balaban J connectivity index is 1.59. The van der Waals surface area contributed by atoms with Gasteiger partial charge in [-0.05, 0) is 17.7 Å². The van der Waals surface area contributed by atoms with Crippen molar-refractivity contribution in [3.05, 3.63) is 47.3 Å². The van der Waals surface area contributed by atoms with Gasteiger partial charge in [-0.15, -0.1) is 0 Å². The molecule has 2 aromatic heterocycles. The lowest BCUT2D eigenvalue weighted by Gasteiger charge is -2.16. The molecule has 3 aromatic rings. The van der Waals surface area contributed by atoms with Crippen LogP contribution in [0.3, 0.4) is 0 Å². The number of nitrogens with zero attached hydrogens (tertiary/aromatic N) is 4. The van der Waals surface area contributed by atoms with Gasteiger partial charge in [-0.1, -0.05) is 17.7 Å². The van der Waals surface area contributed by atoms with E-state index in [0.29, 0.717) is 23.5 Å². The predicted octanol–water partition coefficient (Wildman–Crippen LogP) is 0.842. The van der Waals surface area contributed by atoms with E-state index < -0.39 is 37.0 Å². The Morgan fingerprint density at radius 2 is 2.04 bits per heavy atom. The van der Waals surface area contributed by atoms with Gasteiger partial charge >= 0.3 is 0 Å². The summed E-state index contributed by atoms with van der Waals surface area (Å²) >= 11 is 5.80. The zero-order valence-corrected chi connectivity index (χ0v) is 15.2. The summed E-state index contributed by atoms with van der Waals surface area (Å²) < 4.78 is 20.3. The van der Waals surface area contributed by atoms with Gasteiger partial charge in [0.25, 0.3) is 0 Å². The molecule has 1 aromatic carbocycles. The standard InChI is InChI=1S/C17H17ClFN5O4/c18-9-3-8(1-2-10(9)19)4-20-15-12-16(22-6-21-15)24(7-23-12)17-14(27)13(26)11(5-25)28-17/h1-3,6-7,11,13-14,17,25-27H,4-5H2,(H,20,21,22)/t11-,13-,14-,17?/m1/s1. The largest absolute Gasteiger partial charge is 0.394 e. The topological polar surface area (TPSA) is 126 Å². The van der Waals surface area contributed by atoms with Gasteiger partial charge in [0.05, 0.1) is 18.0 Å². The third kappa shape index (κ3) is 3.29. The first kappa shape index (κ1) is 19.0. The van der Waals surface area contributed by atoms with Crippen molar-refractivity contribution < 1.29 is 24.4 Å². The molecule has 1 fully saturated rings. The average molecular weight is 410 g/mol. The molecular weight excluding hydrogens is 393 g/mol. The Kier molecular flexibility index (Phi) is 5.13. The van der Waals surface area contributed by atoms with E-state index in [1.807, 2.05) is 0 Å². The molecule has 1 aliphatic rings. The zero-order valence-electron chi connectivity index (χ0n) is 14.4. The van der Waals surface area contributed by atoms with Crippen molar-refractivity contribution in [1.29, 1.82) is 0 Å². The van der Waals surface area contributed by atoms with Crippen LogP contribution in [0.1, 0.15) is 11.8 Å². The first-order chi connectivity index (χ1) is 13.5. The van der Waals surface area contributed by atoms with Crippen LogP contribution in [0.5, 0.6) is 0 Å². The molecule has 1 aliphatic heterocycles. The molecule has 0 spiro atoms. The van der Waals surface area contributed by atoms with Crippen molar-refractivity contribution in [2.24, 2.45) is 0 Å². The van der Waals surface area contributed by atoms with Crippen LogP contribution in [0.4, 0.5) is 10.2 Å². The summed E-state index contributed by atoms with van der Waals surface area (Å²) in [6.07, 6.45) is -1.59. The lowest BCUT2D eigenvalue weighted by atomic mass is 10.1. The number of nitrogens with one attached hydrogen (secondary N) is 1. The fourth-order valence-electron chi connectivity index (χ4n) is 3.11. The van der Waals surface area contributed by atoms with Crippen LogP contribution in [0, 0.1) is 5.82 Å². The lowest BCUT2D eigenvalue weighted by molar-refractivity contribution is -0.0511. The first-order valence-electron chi connectivity index (χ1n) is 8.47. The maximum atomic E-state index is 13.3. The highest BCUT2D eigenvalue weighted by atomic mass is 35.5. The molecule has 4 rings (SSSR count). The zero-order chi connectivity index (χ0) is 19.8. The van der Waals surface area contributed by atoms with Gasteiger partial charge in [0.1, 0.15) is 30.5 Å². The molecule has 0 bridgehead atoms. The second-order valence-corrected chi connectivity index (χ2v) is 6.78. The molecule has 0 aliphatic carbocycles. The van der Waals surface area contributed by atoms with Crippen LogP contribution in [0.15, 0.2) is 30.9 Å². The molecule has 4 N–H and O–H groups in total. The van der Waals surface area contributed by atoms with Crippen LogP contribution in [0.2, 0.25) is 5.02 Å². The van der Waals surface area contributed by atoms with E-state index >= 15 is 0 Å². The van der Waals surface area contributed by atoms with E-state index in [1.54, 1.807) is 6.07 Å². The molecule has 1 saturated heterocycles. The highest BCUT2D eigenvalue weighted by Gasteiger charge is 2.44. The Bertz CT molecular complexity index is 1000. The van der Waals surface area contributed by atoms with Crippen molar-refractivity contribution in [3.63, 3.8) is 0 Å². The van der Waals surface area contributed by atoms with E-state index in [9.17, 15) is 19.7 Å².